The molecule has 0 aromatic carbocycles. The summed E-state index contributed by atoms with van der Waals surface area (Å²) < 4.78 is 29.6. The molecule has 124 valence electrons. The molecular weight excluding hydrogens is 308 g/mol. The summed E-state index contributed by atoms with van der Waals surface area (Å²) in [7, 11) is -3.12. The van der Waals surface area contributed by atoms with Gasteiger partial charge < -0.3 is 9.84 Å². The van der Waals surface area contributed by atoms with Crippen molar-refractivity contribution < 1.29 is 17.7 Å². The smallest absolute Gasteiger partial charge is 0.228 e. The number of piperidine rings is 1. The van der Waals surface area contributed by atoms with Gasteiger partial charge in [0.1, 0.15) is 0 Å². The van der Waals surface area contributed by atoms with Gasteiger partial charge in [-0.15, -0.1) is 0 Å². The first-order valence-corrected chi connectivity index (χ1v) is 9.29. The zero-order valence-electron chi connectivity index (χ0n) is 12.9. The average Bonchev–Trinajstić information content (AvgIpc) is 2.95. The number of amides is 1. The highest BCUT2D eigenvalue weighted by atomic mass is 32.2. The highest BCUT2D eigenvalue weighted by Gasteiger charge is 2.28. The van der Waals surface area contributed by atoms with Crippen molar-refractivity contribution in [3.63, 3.8) is 0 Å². The van der Waals surface area contributed by atoms with E-state index >= 15 is 0 Å². The molecule has 0 spiro atoms. The van der Waals surface area contributed by atoms with E-state index in [9.17, 15) is 13.2 Å². The molecule has 0 radical (unpaired) electrons. The van der Waals surface area contributed by atoms with E-state index in [1.165, 1.54) is 10.6 Å². The van der Waals surface area contributed by atoms with Crippen LogP contribution in [0.5, 0.6) is 0 Å². The molecule has 9 heteroatoms. The second-order valence-corrected chi connectivity index (χ2v) is 7.42. The maximum absolute atomic E-state index is 11.5. The number of hydrogen-bond donors (Lipinski definition) is 1. The molecule has 22 heavy (non-hydrogen) atoms. The molecule has 1 amide bonds. The first-order chi connectivity index (χ1) is 10.4. The van der Waals surface area contributed by atoms with Crippen molar-refractivity contribution >= 4 is 15.9 Å². The number of nitrogens with zero attached hydrogens (tertiary/aromatic N) is 3. The van der Waals surface area contributed by atoms with Crippen LogP contribution < -0.4 is 5.32 Å². The monoisotopic (exact) mass is 330 g/mol. The molecule has 1 saturated heterocycles. The topological polar surface area (TPSA) is 105 Å². The molecule has 1 aromatic rings. The van der Waals surface area contributed by atoms with Gasteiger partial charge in [0.25, 0.3) is 0 Å². The Morgan fingerprint density at radius 1 is 1.41 bits per heavy atom. The zero-order chi connectivity index (χ0) is 16.2. The van der Waals surface area contributed by atoms with E-state index in [2.05, 4.69) is 15.5 Å². The maximum atomic E-state index is 11.5. The molecule has 2 rings (SSSR count). The number of rotatable bonds is 6. The molecule has 8 nitrogen and oxygen atoms in total. The van der Waals surface area contributed by atoms with Crippen molar-refractivity contribution in [1.29, 1.82) is 0 Å². The van der Waals surface area contributed by atoms with Gasteiger partial charge in [-0.1, -0.05) is 12.1 Å². The van der Waals surface area contributed by atoms with Gasteiger partial charge in [-0.3, -0.25) is 4.79 Å². The van der Waals surface area contributed by atoms with Crippen LogP contribution in [0.3, 0.4) is 0 Å². The lowest BCUT2D eigenvalue weighted by molar-refractivity contribution is -0.120. The van der Waals surface area contributed by atoms with Gasteiger partial charge in [0.2, 0.25) is 21.8 Å². The maximum Gasteiger partial charge on any atom is 0.228 e. The Bertz CT molecular complexity index is 605. The summed E-state index contributed by atoms with van der Waals surface area (Å²) in [6.07, 6.45) is 3.57. The normalized spacial score (nSPS) is 17.5. The van der Waals surface area contributed by atoms with E-state index in [1.807, 2.05) is 0 Å². The summed E-state index contributed by atoms with van der Waals surface area (Å²) in [6, 6.07) is 0. The number of carbonyl (C=O) groups is 1. The minimum atomic E-state index is -3.12. The minimum absolute atomic E-state index is 0.00659. The molecule has 1 aromatic heterocycles. The van der Waals surface area contributed by atoms with E-state index in [0.29, 0.717) is 57.0 Å². The van der Waals surface area contributed by atoms with E-state index < -0.39 is 10.0 Å². The second-order valence-electron chi connectivity index (χ2n) is 5.44. The van der Waals surface area contributed by atoms with Gasteiger partial charge in [-0.05, 0) is 12.8 Å². The summed E-state index contributed by atoms with van der Waals surface area (Å²) in [4.78, 5) is 15.5. The molecule has 1 fully saturated rings. The third kappa shape index (κ3) is 4.51. The fourth-order valence-electron chi connectivity index (χ4n) is 2.41. The molecule has 0 aliphatic carbocycles. The Balaban J connectivity index is 1.83. The average molecular weight is 330 g/mol. The van der Waals surface area contributed by atoms with E-state index in [0.717, 1.165) is 0 Å². The molecule has 0 bridgehead atoms. The first-order valence-electron chi connectivity index (χ1n) is 7.44. The van der Waals surface area contributed by atoms with Crippen LogP contribution in [0.1, 0.15) is 43.8 Å². The van der Waals surface area contributed by atoms with Gasteiger partial charge in [0.05, 0.1) is 6.26 Å². The van der Waals surface area contributed by atoms with Crippen LogP contribution in [0, 0.1) is 0 Å². The predicted molar refractivity (Wildman–Crippen MR) is 79.7 cm³/mol. The van der Waals surface area contributed by atoms with E-state index in [1.54, 1.807) is 6.92 Å². The van der Waals surface area contributed by atoms with Crippen LogP contribution in [0.2, 0.25) is 0 Å². The molecule has 1 aliphatic heterocycles. The van der Waals surface area contributed by atoms with Crippen molar-refractivity contribution in [2.24, 2.45) is 0 Å². The van der Waals surface area contributed by atoms with Gasteiger partial charge in [0.15, 0.2) is 5.82 Å². The number of sulfonamides is 1. The molecule has 0 unspecified atom stereocenters. The van der Waals surface area contributed by atoms with Crippen LogP contribution in [0.4, 0.5) is 0 Å². The summed E-state index contributed by atoms with van der Waals surface area (Å²) in [5.74, 6) is 1.25. The molecule has 0 atom stereocenters. The Kier molecular flexibility index (Phi) is 5.52. The molecule has 1 aliphatic rings. The molecule has 0 saturated carbocycles. The third-order valence-electron chi connectivity index (χ3n) is 3.75. The van der Waals surface area contributed by atoms with Crippen LogP contribution in [0.15, 0.2) is 4.52 Å². The Hall–Kier alpha value is -1.48. The van der Waals surface area contributed by atoms with Crippen molar-refractivity contribution in [1.82, 2.24) is 19.8 Å². The highest BCUT2D eigenvalue weighted by molar-refractivity contribution is 7.88. The number of hydrogen-bond acceptors (Lipinski definition) is 6. The lowest BCUT2D eigenvalue weighted by atomic mass is 9.97. The summed E-state index contributed by atoms with van der Waals surface area (Å²) in [5, 5.41) is 6.73. The van der Waals surface area contributed by atoms with Gasteiger partial charge in [-0.2, -0.15) is 4.98 Å². The largest absolute Gasteiger partial charge is 0.356 e. The van der Waals surface area contributed by atoms with Crippen LogP contribution >= 0.6 is 0 Å². The van der Waals surface area contributed by atoms with Gasteiger partial charge >= 0.3 is 0 Å². The highest BCUT2D eigenvalue weighted by Crippen LogP contribution is 2.26. The van der Waals surface area contributed by atoms with Crippen molar-refractivity contribution in [3.05, 3.63) is 11.7 Å². The summed E-state index contributed by atoms with van der Waals surface area (Å²) in [5.41, 5.74) is 0. The van der Waals surface area contributed by atoms with Gasteiger partial charge in [0, 0.05) is 38.4 Å². The Morgan fingerprint density at radius 3 is 2.68 bits per heavy atom. The lowest BCUT2D eigenvalue weighted by Gasteiger charge is -2.28. The van der Waals surface area contributed by atoms with E-state index in [-0.39, 0.29) is 11.8 Å². The Morgan fingerprint density at radius 2 is 2.09 bits per heavy atom. The fourth-order valence-corrected chi connectivity index (χ4v) is 3.29. The van der Waals surface area contributed by atoms with Crippen molar-refractivity contribution in [2.75, 3.05) is 25.9 Å². The predicted octanol–water partition coefficient (Wildman–Crippen LogP) is 0.277. The quantitative estimate of drug-likeness (QED) is 0.803. The fraction of sp³-hybridized carbons (Fsp3) is 0.769. The van der Waals surface area contributed by atoms with Gasteiger partial charge in [-0.25, -0.2) is 12.7 Å². The molecular formula is C13H22N4O4S. The van der Waals surface area contributed by atoms with Crippen molar-refractivity contribution in [3.8, 4) is 0 Å². The third-order valence-corrected chi connectivity index (χ3v) is 5.06. The number of nitrogens with one attached hydrogen (secondary N) is 1. The summed E-state index contributed by atoms with van der Waals surface area (Å²) >= 11 is 0. The first kappa shape index (κ1) is 16.9. The Labute approximate surface area is 130 Å². The number of carbonyl (C=O) groups excluding carboxylic acids is 1. The van der Waals surface area contributed by atoms with E-state index in [4.69, 9.17) is 4.52 Å². The molecule has 1 N–H and O–H groups in total. The summed E-state index contributed by atoms with van der Waals surface area (Å²) in [6.45, 7) is 3.24. The van der Waals surface area contributed by atoms with Crippen LogP contribution in [-0.4, -0.2) is 54.7 Å². The van der Waals surface area contributed by atoms with Crippen molar-refractivity contribution in [2.45, 2.75) is 38.5 Å². The minimum Gasteiger partial charge on any atom is -0.356 e. The molecule has 2 heterocycles. The number of aromatic nitrogens is 2. The van der Waals surface area contributed by atoms with Crippen LogP contribution in [0.25, 0.3) is 0 Å². The lowest BCUT2D eigenvalue weighted by Crippen LogP contribution is -2.37. The SMILES string of the molecule is CCC(=O)NCCc1nc(C2CCN(S(C)(=O)=O)CC2)no1. The second kappa shape index (κ2) is 7.19. The van der Waals surface area contributed by atoms with Crippen LogP contribution in [-0.2, 0) is 21.2 Å². The standard InChI is InChI=1S/C13H22N4O4S/c1-3-11(18)14-7-4-12-15-13(16-21-12)10-5-8-17(9-6-10)22(2,19)20/h10H,3-9H2,1-2H3,(H,14,18). The zero-order valence-corrected chi connectivity index (χ0v) is 13.7.